The van der Waals surface area contributed by atoms with Crippen LogP contribution in [0, 0.1) is 56.6 Å². The smallest absolute Gasteiger partial charge is 0.309 e. The molecule has 4 saturated carbocycles. The Balaban J connectivity index is 1.21. The van der Waals surface area contributed by atoms with Crippen molar-refractivity contribution >= 4 is 29.3 Å². The molecule has 0 saturated heterocycles. The molecular formula is C43H56ClFN2O6. The van der Waals surface area contributed by atoms with Crippen LogP contribution < -0.4 is 0 Å². The van der Waals surface area contributed by atoms with Crippen LogP contribution in [0.15, 0.2) is 33.8 Å². The topological polar surface area (TPSA) is 120 Å². The van der Waals surface area contributed by atoms with E-state index in [0.29, 0.717) is 30.6 Å². The number of hydrogen-bond donors (Lipinski definition) is 1. The van der Waals surface area contributed by atoms with Crippen molar-refractivity contribution in [3.8, 4) is 11.5 Å². The third-order valence-electron chi connectivity index (χ3n) is 15.8. The van der Waals surface area contributed by atoms with E-state index >= 15 is 0 Å². The zero-order valence-corrected chi connectivity index (χ0v) is 33.6. The van der Waals surface area contributed by atoms with E-state index < -0.39 is 28.6 Å². The van der Waals surface area contributed by atoms with Gasteiger partial charge in [0.1, 0.15) is 11.9 Å². The Morgan fingerprint density at radius 3 is 2.38 bits per heavy atom. The molecule has 1 aromatic carbocycles. The SMILES string of the molecule is CC(C)C1=C2[C@H]3CC[C@@H]4[C@@]5(C)CC[C@H](OC(=O)CC(C)(C)C(=O)O)C(C)(C)[C@@H]5CC[C@@]4(C)[C@]3(C)CC[C@@]2(c2nnc(-c3ccc(Cl)cc3F)o2)CC1=O. The van der Waals surface area contributed by atoms with Gasteiger partial charge in [0, 0.05) is 16.9 Å². The number of aliphatic carboxylic acids is 1. The number of carbonyl (C=O) groups is 3. The molecule has 8 nitrogen and oxygen atoms in total. The summed E-state index contributed by atoms with van der Waals surface area (Å²) in [6, 6.07) is 4.40. The molecule has 1 aromatic heterocycles. The Kier molecular flexibility index (Phi) is 8.99. The highest BCUT2D eigenvalue weighted by Gasteiger charge is 2.71. The van der Waals surface area contributed by atoms with Gasteiger partial charge in [-0.05, 0) is 134 Å². The van der Waals surface area contributed by atoms with Gasteiger partial charge in [-0.15, -0.1) is 10.2 Å². The number of nitrogens with zero attached hydrogens (tertiary/aromatic N) is 2. The summed E-state index contributed by atoms with van der Waals surface area (Å²) < 4.78 is 27.5. The van der Waals surface area contributed by atoms with Crippen LogP contribution in [0.1, 0.15) is 132 Å². The molecule has 1 heterocycles. The van der Waals surface area contributed by atoms with Gasteiger partial charge in [-0.25, -0.2) is 4.39 Å². The lowest BCUT2D eigenvalue weighted by Crippen LogP contribution is -2.66. The minimum atomic E-state index is -1.18. The van der Waals surface area contributed by atoms with Gasteiger partial charge in [0.2, 0.25) is 5.89 Å². The Morgan fingerprint density at radius 2 is 1.72 bits per heavy atom. The van der Waals surface area contributed by atoms with E-state index in [9.17, 15) is 23.9 Å². The summed E-state index contributed by atoms with van der Waals surface area (Å²) in [6.45, 7) is 19.3. The van der Waals surface area contributed by atoms with Crippen molar-refractivity contribution in [2.24, 2.45) is 50.7 Å². The third kappa shape index (κ3) is 5.50. The zero-order chi connectivity index (χ0) is 38.7. The molecule has 1 N–H and O–H groups in total. The number of allylic oxidation sites excluding steroid dienone is 2. The van der Waals surface area contributed by atoms with Gasteiger partial charge in [-0.1, -0.05) is 60.1 Å². The molecule has 0 bridgehead atoms. The van der Waals surface area contributed by atoms with Gasteiger partial charge in [0.15, 0.2) is 5.78 Å². The van der Waals surface area contributed by atoms with E-state index in [1.165, 1.54) is 11.6 Å². The molecule has 5 aliphatic carbocycles. The molecule has 0 radical (unpaired) electrons. The number of benzene rings is 1. The first-order chi connectivity index (χ1) is 24.6. The molecule has 10 heteroatoms. The van der Waals surface area contributed by atoms with Gasteiger partial charge < -0.3 is 14.3 Å². The number of carboxylic acid groups (broad SMARTS) is 1. The summed E-state index contributed by atoms with van der Waals surface area (Å²) in [5.41, 5.74) is 0.0453. The first kappa shape index (κ1) is 38.2. The van der Waals surface area contributed by atoms with E-state index in [4.69, 9.17) is 20.8 Å². The normalized spacial score (nSPS) is 36.4. The average Bonchev–Trinajstić information content (AvgIpc) is 3.66. The highest BCUT2D eigenvalue weighted by atomic mass is 35.5. The summed E-state index contributed by atoms with van der Waals surface area (Å²) in [6.07, 6.45) is 7.20. The summed E-state index contributed by atoms with van der Waals surface area (Å²) in [5, 5.41) is 18.8. The predicted octanol–water partition coefficient (Wildman–Crippen LogP) is 10.2. The predicted molar refractivity (Wildman–Crippen MR) is 199 cm³/mol. The second-order valence-electron chi connectivity index (χ2n) is 19.5. The fourth-order valence-electron chi connectivity index (χ4n) is 12.9. The molecule has 0 aliphatic heterocycles. The minimum absolute atomic E-state index is 0.00834. The van der Waals surface area contributed by atoms with Crippen molar-refractivity contribution in [2.75, 3.05) is 0 Å². The van der Waals surface area contributed by atoms with Crippen molar-refractivity contribution < 1.29 is 33.0 Å². The number of aromatic nitrogens is 2. The van der Waals surface area contributed by atoms with Crippen LogP contribution in [-0.2, 0) is 24.5 Å². The molecule has 0 spiro atoms. The molecule has 288 valence electrons. The monoisotopic (exact) mass is 750 g/mol. The average molecular weight is 751 g/mol. The zero-order valence-electron chi connectivity index (χ0n) is 32.8. The van der Waals surface area contributed by atoms with Gasteiger partial charge in [0.05, 0.1) is 22.8 Å². The number of ketones is 1. The van der Waals surface area contributed by atoms with Crippen molar-refractivity contribution in [1.29, 1.82) is 0 Å². The van der Waals surface area contributed by atoms with Crippen LogP contribution in [0.5, 0.6) is 0 Å². The van der Waals surface area contributed by atoms with Crippen molar-refractivity contribution in [2.45, 2.75) is 138 Å². The number of rotatable bonds is 7. The first-order valence-electron chi connectivity index (χ1n) is 19.6. The molecule has 5 aliphatic rings. The molecule has 8 atom stereocenters. The molecule has 4 fully saturated rings. The van der Waals surface area contributed by atoms with Crippen LogP contribution in [0.2, 0.25) is 5.02 Å². The number of esters is 1. The fraction of sp³-hybridized carbons (Fsp3) is 0.698. The van der Waals surface area contributed by atoms with Gasteiger partial charge in [0.25, 0.3) is 5.89 Å². The highest BCUT2D eigenvalue weighted by molar-refractivity contribution is 6.30. The van der Waals surface area contributed by atoms with Crippen LogP contribution >= 0.6 is 11.6 Å². The lowest BCUT2D eigenvalue weighted by molar-refractivity contribution is -0.232. The largest absolute Gasteiger partial charge is 0.481 e. The summed E-state index contributed by atoms with van der Waals surface area (Å²) >= 11 is 6.03. The maximum atomic E-state index is 15.0. The van der Waals surface area contributed by atoms with Gasteiger partial charge in [-0.2, -0.15) is 0 Å². The van der Waals surface area contributed by atoms with Crippen molar-refractivity contribution in [1.82, 2.24) is 10.2 Å². The maximum absolute atomic E-state index is 15.0. The first-order valence-corrected chi connectivity index (χ1v) is 20.0. The van der Waals surface area contributed by atoms with Crippen LogP contribution in [0.3, 0.4) is 0 Å². The molecule has 0 unspecified atom stereocenters. The number of carbonyl (C=O) groups excluding carboxylic acids is 2. The van der Waals surface area contributed by atoms with E-state index in [-0.39, 0.29) is 68.3 Å². The van der Waals surface area contributed by atoms with Crippen LogP contribution in [0.4, 0.5) is 4.39 Å². The lowest BCUT2D eigenvalue weighted by atomic mass is 9.33. The number of fused-ring (bicyclic) bond motifs is 7. The molecule has 7 rings (SSSR count). The number of ether oxygens (including phenoxy) is 1. The number of hydrogen-bond acceptors (Lipinski definition) is 7. The number of carboxylic acids is 1. The molecule has 53 heavy (non-hydrogen) atoms. The highest BCUT2D eigenvalue weighted by Crippen LogP contribution is 2.76. The summed E-state index contributed by atoms with van der Waals surface area (Å²) in [7, 11) is 0. The Labute approximate surface area is 318 Å². The van der Waals surface area contributed by atoms with Crippen LogP contribution in [-0.4, -0.2) is 39.1 Å². The van der Waals surface area contributed by atoms with Crippen molar-refractivity contribution in [3.05, 3.63) is 46.1 Å². The number of Topliss-reactive ketones (excluding diaryl/α,β-unsaturated/α-hetero) is 1. The standard InChI is InChI=1S/C43H56ClFN2O6/c1-23(2)33-28(48)21-43(36-47-46-35(53-36)25-11-10-24(44)20-27(25)45)19-18-41(8)26(34(33)43)12-13-30-40(7)16-15-31(52-32(49)22-38(3,4)37(50)51)39(5,6)29(40)14-17-42(30,41)9/h10-11,20,23,26,29-31H,12-19,21-22H2,1-9H3,(H,50,51)/t26-,29+,30-,31+,40+,41-,42-,43-/m1/s1. The second-order valence-corrected chi connectivity index (χ2v) is 20.0. The van der Waals surface area contributed by atoms with Crippen molar-refractivity contribution in [3.63, 3.8) is 0 Å². The third-order valence-corrected chi connectivity index (χ3v) is 16.0. The quantitative estimate of drug-likeness (QED) is 0.278. The molecular weight excluding hydrogens is 695 g/mol. The minimum Gasteiger partial charge on any atom is -0.481 e. The van der Waals surface area contributed by atoms with Gasteiger partial charge in [-0.3, -0.25) is 14.4 Å². The van der Waals surface area contributed by atoms with E-state index in [1.807, 2.05) is 0 Å². The summed E-state index contributed by atoms with van der Waals surface area (Å²) in [4.78, 5) is 39.0. The summed E-state index contributed by atoms with van der Waals surface area (Å²) in [5.74, 6) is -0.351. The van der Waals surface area contributed by atoms with Crippen LogP contribution in [0.25, 0.3) is 11.5 Å². The lowest BCUT2D eigenvalue weighted by Gasteiger charge is -2.72. The van der Waals surface area contributed by atoms with E-state index in [2.05, 4.69) is 58.7 Å². The molecule has 2 aromatic rings. The van der Waals surface area contributed by atoms with E-state index in [1.54, 1.807) is 26.0 Å². The second kappa shape index (κ2) is 12.5. The molecule has 0 amide bonds. The Hall–Kier alpha value is -3.07. The van der Waals surface area contributed by atoms with Gasteiger partial charge >= 0.3 is 11.9 Å². The number of halogens is 2. The Bertz CT molecular complexity index is 1900. The van der Waals surface area contributed by atoms with E-state index in [0.717, 1.165) is 50.5 Å². The maximum Gasteiger partial charge on any atom is 0.309 e. The fourth-order valence-corrected chi connectivity index (χ4v) is 13.0. The Morgan fingerprint density at radius 1 is 1.00 bits per heavy atom.